The van der Waals surface area contributed by atoms with Gasteiger partial charge >= 0.3 is 6.18 Å². The summed E-state index contributed by atoms with van der Waals surface area (Å²) in [5.74, 6) is 0.587. The van der Waals surface area contributed by atoms with E-state index in [0.717, 1.165) is 22.8 Å². The maximum atomic E-state index is 12.6. The molecule has 2 heterocycles. The molecule has 0 unspecified atom stereocenters. The third-order valence-electron chi connectivity index (χ3n) is 3.63. The Bertz CT molecular complexity index is 851. The fraction of sp³-hybridized carbons (Fsp3) is 0.294. The van der Waals surface area contributed by atoms with E-state index in [0.29, 0.717) is 24.6 Å². The molecule has 2 aromatic heterocycles. The van der Waals surface area contributed by atoms with E-state index in [1.807, 2.05) is 29.1 Å². The van der Waals surface area contributed by atoms with Crippen molar-refractivity contribution in [2.45, 2.75) is 26.2 Å². The average Bonchev–Trinajstić information content (AvgIpc) is 3.18. The van der Waals surface area contributed by atoms with Crippen molar-refractivity contribution in [2.24, 2.45) is 4.99 Å². The fourth-order valence-corrected chi connectivity index (χ4v) is 3.07. The summed E-state index contributed by atoms with van der Waals surface area (Å²) in [4.78, 5) is 9.82. The normalized spacial score (nSPS) is 12.5. The van der Waals surface area contributed by atoms with E-state index in [1.165, 1.54) is 12.1 Å². The van der Waals surface area contributed by atoms with Gasteiger partial charge in [-0.2, -0.15) is 13.2 Å². The number of benzene rings is 1. The molecule has 1 aromatic carbocycles. The van der Waals surface area contributed by atoms with Crippen LogP contribution < -0.4 is 10.6 Å². The summed E-state index contributed by atoms with van der Waals surface area (Å²) in [6.45, 7) is 3.41. The number of thiazole rings is 1. The number of nitrogens with one attached hydrogen (secondary N) is 2. The van der Waals surface area contributed by atoms with Crippen molar-refractivity contribution in [3.8, 4) is 0 Å². The van der Waals surface area contributed by atoms with Crippen LogP contribution in [-0.2, 0) is 19.3 Å². The molecule has 0 amide bonds. The zero-order valence-electron chi connectivity index (χ0n) is 14.0. The van der Waals surface area contributed by atoms with Gasteiger partial charge < -0.3 is 10.6 Å². The zero-order valence-corrected chi connectivity index (χ0v) is 14.9. The number of aromatic nitrogens is 2. The van der Waals surface area contributed by atoms with E-state index in [2.05, 4.69) is 20.6 Å². The molecule has 138 valence electrons. The molecule has 0 aliphatic rings. The van der Waals surface area contributed by atoms with Gasteiger partial charge in [-0.05, 0) is 24.6 Å². The molecule has 0 saturated carbocycles. The van der Waals surface area contributed by atoms with Crippen LogP contribution in [0.3, 0.4) is 0 Å². The van der Waals surface area contributed by atoms with Crippen LogP contribution in [0.25, 0.3) is 4.96 Å². The Morgan fingerprint density at radius 2 is 2.00 bits per heavy atom. The number of guanidine groups is 1. The Kier molecular flexibility index (Phi) is 5.46. The van der Waals surface area contributed by atoms with Gasteiger partial charge in [0.1, 0.15) is 0 Å². The van der Waals surface area contributed by atoms with Crippen molar-refractivity contribution in [3.05, 3.63) is 58.9 Å². The first kappa shape index (κ1) is 18.2. The molecular formula is C17H18F3N5S. The second-order valence-corrected chi connectivity index (χ2v) is 6.44. The van der Waals surface area contributed by atoms with Gasteiger partial charge in [0, 0.05) is 24.3 Å². The minimum absolute atomic E-state index is 0.283. The Labute approximate surface area is 152 Å². The molecule has 3 aromatic rings. The molecule has 2 N–H and O–H groups in total. The van der Waals surface area contributed by atoms with Gasteiger partial charge in [-0.25, -0.2) is 9.98 Å². The first-order chi connectivity index (χ1) is 12.5. The van der Waals surface area contributed by atoms with Gasteiger partial charge in [-0.1, -0.05) is 12.1 Å². The molecule has 0 aliphatic heterocycles. The van der Waals surface area contributed by atoms with Crippen LogP contribution in [0.4, 0.5) is 13.2 Å². The Morgan fingerprint density at radius 1 is 1.23 bits per heavy atom. The molecule has 9 heteroatoms. The van der Waals surface area contributed by atoms with Crippen molar-refractivity contribution in [1.29, 1.82) is 0 Å². The van der Waals surface area contributed by atoms with Gasteiger partial charge in [0.2, 0.25) is 0 Å². The second-order valence-electron chi connectivity index (χ2n) is 5.57. The van der Waals surface area contributed by atoms with Crippen molar-refractivity contribution < 1.29 is 13.2 Å². The number of rotatable bonds is 5. The smallest absolute Gasteiger partial charge is 0.357 e. The van der Waals surface area contributed by atoms with E-state index in [1.54, 1.807) is 11.3 Å². The predicted octanol–water partition coefficient (Wildman–Crippen LogP) is 3.67. The lowest BCUT2D eigenvalue weighted by atomic mass is 10.1. The van der Waals surface area contributed by atoms with Crippen molar-refractivity contribution >= 4 is 22.3 Å². The number of hydrogen-bond acceptors (Lipinski definition) is 3. The summed E-state index contributed by atoms with van der Waals surface area (Å²) in [6.07, 6.45) is -0.435. The number of imidazole rings is 1. The summed E-state index contributed by atoms with van der Waals surface area (Å²) >= 11 is 1.56. The summed E-state index contributed by atoms with van der Waals surface area (Å²) in [7, 11) is 0. The van der Waals surface area contributed by atoms with Crippen LogP contribution in [0.2, 0.25) is 0 Å². The third kappa shape index (κ3) is 4.54. The van der Waals surface area contributed by atoms with E-state index >= 15 is 0 Å². The van der Waals surface area contributed by atoms with Crippen molar-refractivity contribution in [1.82, 2.24) is 20.0 Å². The number of nitrogens with zero attached hydrogens (tertiary/aromatic N) is 3. The van der Waals surface area contributed by atoms with Gasteiger partial charge in [-0.3, -0.25) is 4.40 Å². The standard InChI is InChI=1S/C17H18F3N5S/c1-2-21-15(23-10-14-11-25-7-8-26-16(25)24-14)22-9-12-3-5-13(6-4-12)17(18,19)20/h3-8,11H,2,9-10H2,1H3,(H2,21,22,23). The van der Waals surface area contributed by atoms with Crippen molar-refractivity contribution in [3.63, 3.8) is 0 Å². The van der Waals surface area contributed by atoms with Crippen LogP contribution in [0.5, 0.6) is 0 Å². The summed E-state index contributed by atoms with van der Waals surface area (Å²) in [5, 5.41) is 8.26. The maximum absolute atomic E-state index is 12.6. The minimum Gasteiger partial charge on any atom is -0.357 e. The van der Waals surface area contributed by atoms with Gasteiger partial charge in [0.05, 0.1) is 24.3 Å². The highest BCUT2D eigenvalue weighted by molar-refractivity contribution is 7.15. The van der Waals surface area contributed by atoms with Crippen molar-refractivity contribution in [2.75, 3.05) is 6.54 Å². The quantitative estimate of drug-likeness (QED) is 0.524. The highest BCUT2D eigenvalue weighted by Crippen LogP contribution is 2.29. The van der Waals surface area contributed by atoms with E-state index in [9.17, 15) is 13.2 Å². The Balaban J connectivity index is 1.62. The van der Waals surface area contributed by atoms with Crippen LogP contribution in [-0.4, -0.2) is 21.9 Å². The fourth-order valence-electron chi connectivity index (χ4n) is 2.35. The maximum Gasteiger partial charge on any atom is 0.416 e. The number of halogens is 3. The molecule has 26 heavy (non-hydrogen) atoms. The molecule has 5 nitrogen and oxygen atoms in total. The zero-order chi connectivity index (χ0) is 18.6. The lowest BCUT2D eigenvalue weighted by Crippen LogP contribution is -2.36. The van der Waals surface area contributed by atoms with E-state index in [-0.39, 0.29) is 6.54 Å². The molecule has 0 radical (unpaired) electrons. The van der Waals surface area contributed by atoms with E-state index < -0.39 is 11.7 Å². The van der Waals surface area contributed by atoms with Crippen LogP contribution in [0, 0.1) is 0 Å². The van der Waals surface area contributed by atoms with E-state index in [4.69, 9.17) is 0 Å². The largest absolute Gasteiger partial charge is 0.416 e. The molecule has 0 fully saturated rings. The average molecular weight is 381 g/mol. The minimum atomic E-state index is -4.32. The lowest BCUT2D eigenvalue weighted by Gasteiger charge is -2.10. The topological polar surface area (TPSA) is 53.7 Å². The van der Waals surface area contributed by atoms with Crippen LogP contribution >= 0.6 is 11.3 Å². The molecular weight excluding hydrogens is 363 g/mol. The highest BCUT2D eigenvalue weighted by Gasteiger charge is 2.29. The Morgan fingerprint density at radius 3 is 2.65 bits per heavy atom. The molecule has 0 atom stereocenters. The van der Waals surface area contributed by atoms with Crippen LogP contribution in [0.1, 0.15) is 23.7 Å². The van der Waals surface area contributed by atoms with Gasteiger partial charge in [-0.15, -0.1) is 11.3 Å². The predicted molar refractivity (Wildman–Crippen MR) is 96.2 cm³/mol. The SMILES string of the molecule is CCNC(=NCc1ccc(C(F)(F)F)cc1)NCc1cn2ccsc2n1. The third-order valence-corrected chi connectivity index (χ3v) is 4.40. The molecule has 3 rings (SSSR count). The number of alkyl halides is 3. The summed E-state index contributed by atoms with van der Waals surface area (Å²) in [6, 6.07) is 5.03. The van der Waals surface area contributed by atoms with Gasteiger partial charge in [0.15, 0.2) is 10.9 Å². The van der Waals surface area contributed by atoms with Crippen LogP contribution in [0.15, 0.2) is 47.0 Å². The summed E-state index contributed by atoms with van der Waals surface area (Å²) in [5.41, 5.74) is 0.935. The number of aliphatic imine (C=N–C) groups is 1. The molecule has 0 aliphatic carbocycles. The molecule has 0 spiro atoms. The molecule has 0 saturated heterocycles. The first-order valence-corrected chi connectivity index (χ1v) is 8.93. The number of fused-ring (bicyclic) bond motifs is 1. The lowest BCUT2D eigenvalue weighted by molar-refractivity contribution is -0.137. The highest BCUT2D eigenvalue weighted by atomic mass is 32.1. The first-order valence-electron chi connectivity index (χ1n) is 8.05. The monoisotopic (exact) mass is 381 g/mol. The van der Waals surface area contributed by atoms with Gasteiger partial charge in [0.25, 0.3) is 0 Å². The molecule has 0 bridgehead atoms. The number of hydrogen-bond donors (Lipinski definition) is 2. The summed E-state index contributed by atoms with van der Waals surface area (Å²) < 4.78 is 39.7. The Hall–Kier alpha value is -2.55. The second kappa shape index (κ2) is 7.77.